The first kappa shape index (κ1) is 22.3. The molecular formula is C24H31NO5. The van der Waals surface area contributed by atoms with Crippen molar-refractivity contribution >= 4 is 5.91 Å². The summed E-state index contributed by atoms with van der Waals surface area (Å²) in [5.41, 5.74) is 4.26. The van der Waals surface area contributed by atoms with E-state index in [1.807, 2.05) is 57.2 Å². The van der Waals surface area contributed by atoms with Crippen molar-refractivity contribution in [2.75, 3.05) is 6.54 Å². The van der Waals surface area contributed by atoms with Crippen molar-refractivity contribution in [2.45, 2.75) is 58.7 Å². The molecule has 6 nitrogen and oxygen atoms in total. The summed E-state index contributed by atoms with van der Waals surface area (Å²) >= 11 is 0. The first-order valence-corrected chi connectivity index (χ1v) is 10.4. The third-order valence-electron chi connectivity index (χ3n) is 5.69. The Labute approximate surface area is 177 Å². The van der Waals surface area contributed by atoms with Gasteiger partial charge in [-0.05, 0) is 49.1 Å². The van der Waals surface area contributed by atoms with Crippen molar-refractivity contribution in [2.24, 2.45) is 5.92 Å². The standard InChI is InChI=1S/C24H31NO5/c1-14-6-5-7-19(12-14)21-13-20(9-8-18(21)10-11-25-17(4)26)30-24-23(28)22(27)15(2)16(3)29-24/h5-9,12-13,15-16,22-24,27-28H,10-11H2,1-4H3,(H,25,26)/t15-,16-,22+,23+,24-/m0/s1. The number of benzene rings is 2. The van der Waals surface area contributed by atoms with E-state index < -0.39 is 18.5 Å². The van der Waals surface area contributed by atoms with Gasteiger partial charge in [0.15, 0.2) is 0 Å². The molecule has 1 aliphatic rings. The van der Waals surface area contributed by atoms with E-state index >= 15 is 0 Å². The molecule has 1 amide bonds. The highest BCUT2D eigenvalue weighted by Gasteiger charge is 2.41. The smallest absolute Gasteiger partial charge is 0.228 e. The predicted octanol–water partition coefficient (Wildman–Crippen LogP) is 2.82. The Bertz CT molecular complexity index is 884. The number of rotatable bonds is 6. The lowest BCUT2D eigenvalue weighted by Gasteiger charge is -2.39. The summed E-state index contributed by atoms with van der Waals surface area (Å²) in [7, 11) is 0. The molecule has 0 spiro atoms. The second-order valence-corrected chi connectivity index (χ2v) is 8.09. The van der Waals surface area contributed by atoms with Gasteiger partial charge in [0.1, 0.15) is 11.9 Å². The van der Waals surface area contributed by atoms with Gasteiger partial charge in [0.05, 0.1) is 12.2 Å². The molecule has 0 unspecified atom stereocenters. The van der Waals surface area contributed by atoms with Gasteiger partial charge < -0.3 is 25.0 Å². The number of aryl methyl sites for hydroxylation is 1. The lowest BCUT2D eigenvalue weighted by atomic mass is 9.91. The van der Waals surface area contributed by atoms with Crippen molar-refractivity contribution in [3.05, 3.63) is 53.6 Å². The maximum atomic E-state index is 11.2. The Morgan fingerprint density at radius 3 is 2.60 bits per heavy atom. The maximum absolute atomic E-state index is 11.2. The molecule has 30 heavy (non-hydrogen) atoms. The van der Waals surface area contributed by atoms with Crippen LogP contribution in [0.3, 0.4) is 0 Å². The fourth-order valence-corrected chi connectivity index (χ4v) is 3.70. The number of nitrogens with one attached hydrogen (secondary N) is 1. The molecule has 0 bridgehead atoms. The molecule has 1 heterocycles. The molecule has 1 fully saturated rings. The van der Waals surface area contributed by atoms with Crippen LogP contribution in [0.4, 0.5) is 0 Å². The number of carbonyl (C=O) groups is 1. The van der Waals surface area contributed by atoms with E-state index in [4.69, 9.17) is 9.47 Å². The molecule has 1 aliphatic heterocycles. The van der Waals surface area contributed by atoms with Crippen molar-refractivity contribution in [3.63, 3.8) is 0 Å². The van der Waals surface area contributed by atoms with Crippen LogP contribution in [-0.2, 0) is 16.0 Å². The average molecular weight is 414 g/mol. The number of aliphatic hydroxyl groups is 2. The second-order valence-electron chi connectivity index (χ2n) is 8.09. The Kier molecular flexibility index (Phi) is 7.13. The highest BCUT2D eigenvalue weighted by molar-refractivity contribution is 5.73. The zero-order valence-electron chi connectivity index (χ0n) is 18.0. The van der Waals surface area contributed by atoms with Gasteiger partial charge in [0, 0.05) is 19.4 Å². The molecule has 0 aliphatic carbocycles. The Hall–Kier alpha value is -2.41. The van der Waals surface area contributed by atoms with Crippen LogP contribution in [0.2, 0.25) is 0 Å². The van der Waals surface area contributed by atoms with Crippen molar-refractivity contribution in [1.29, 1.82) is 0 Å². The summed E-state index contributed by atoms with van der Waals surface area (Å²) in [6.45, 7) is 7.79. The first-order valence-electron chi connectivity index (χ1n) is 10.4. The van der Waals surface area contributed by atoms with E-state index in [1.165, 1.54) is 6.92 Å². The predicted molar refractivity (Wildman–Crippen MR) is 115 cm³/mol. The first-order chi connectivity index (χ1) is 14.3. The molecule has 2 aromatic rings. The van der Waals surface area contributed by atoms with Gasteiger partial charge in [-0.25, -0.2) is 0 Å². The van der Waals surface area contributed by atoms with Crippen molar-refractivity contribution < 1.29 is 24.5 Å². The van der Waals surface area contributed by atoms with E-state index in [1.54, 1.807) is 0 Å². The van der Waals surface area contributed by atoms with E-state index in [0.29, 0.717) is 18.7 Å². The number of hydrogen-bond donors (Lipinski definition) is 3. The molecule has 3 rings (SSSR count). The van der Waals surface area contributed by atoms with Gasteiger partial charge in [0.25, 0.3) is 0 Å². The summed E-state index contributed by atoms with van der Waals surface area (Å²) in [5.74, 6) is 0.309. The summed E-state index contributed by atoms with van der Waals surface area (Å²) < 4.78 is 11.7. The topological polar surface area (TPSA) is 88.0 Å². The summed E-state index contributed by atoms with van der Waals surface area (Å²) in [6.07, 6.45) is -2.53. The number of ether oxygens (including phenoxy) is 2. The van der Waals surface area contributed by atoms with Gasteiger partial charge >= 0.3 is 0 Å². The molecule has 162 valence electrons. The number of hydrogen-bond acceptors (Lipinski definition) is 5. The molecule has 6 heteroatoms. The second kappa shape index (κ2) is 9.60. The fraction of sp³-hybridized carbons (Fsp3) is 0.458. The van der Waals surface area contributed by atoms with Crippen LogP contribution in [0, 0.1) is 12.8 Å². The van der Waals surface area contributed by atoms with Gasteiger partial charge in [-0.2, -0.15) is 0 Å². The largest absolute Gasteiger partial charge is 0.462 e. The van der Waals surface area contributed by atoms with Crippen LogP contribution in [0.5, 0.6) is 5.75 Å². The van der Waals surface area contributed by atoms with Gasteiger partial charge in [-0.1, -0.05) is 42.8 Å². The third kappa shape index (κ3) is 5.19. The highest BCUT2D eigenvalue weighted by atomic mass is 16.7. The summed E-state index contributed by atoms with van der Waals surface area (Å²) in [6, 6.07) is 13.9. The minimum atomic E-state index is -1.13. The highest BCUT2D eigenvalue weighted by Crippen LogP contribution is 2.32. The Morgan fingerprint density at radius 2 is 1.90 bits per heavy atom. The lowest BCUT2D eigenvalue weighted by molar-refractivity contribution is -0.251. The summed E-state index contributed by atoms with van der Waals surface area (Å²) in [5, 5.41) is 23.5. The maximum Gasteiger partial charge on any atom is 0.228 e. The molecule has 0 saturated carbocycles. The quantitative estimate of drug-likeness (QED) is 0.678. The van der Waals surface area contributed by atoms with Crippen LogP contribution in [0.15, 0.2) is 42.5 Å². The van der Waals surface area contributed by atoms with E-state index in [-0.39, 0.29) is 17.9 Å². The van der Waals surface area contributed by atoms with Gasteiger partial charge in [-0.15, -0.1) is 0 Å². The Balaban J connectivity index is 1.87. The SMILES string of the molecule is CC(=O)NCCc1ccc(O[C@@H]2O[C@@H](C)[C@H](C)[C@@H](O)[C@H]2O)cc1-c1cccc(C)c1. The van der Waals surface area contributed by atoms with Crippen LogP contribution >= 0.6 is 0 Å². The molecule has 1 saturated heterocycles. The fourth-order valence-electron chi connectivity index (χ4n) is 3.70. The van der Waals surface area contributed by atoms with Gasteiger partial charge in [0.2, 0.25) is 12.2 Å². The van der Waals surface area contributed by atoms with E-state index in [2.05, 4.69) is 11.4 Å². The normalized spacial score (nSPS) is 26.3. The summed E-state index contributed by atoms with van der Waals surface area (Å²) in [4.78, 5) is 11.2. The van der Waals surface area contributed by atoms with Crippen LogP contribution in [-0.4, -0.2) is 47.3 Å². The molecule has 0 radical (unpaired) electrons. The molecule has 3 N–H and O–H groups in total. The zero-order valence-corrected chi connectivity index (χ0v) is 18.0. The minimum Gasteiger partial charge on any atom is -0.462 e. The monoisotopic (exact) mass is 413 g/mol. The zero-order chi connectivity index (χ0) is 21.8. The van der Waals surface area contributed by atoms with Crippen molar-refractivity contribution in [3.8, 4) is 16.9 Å². The van der Waals surface area contributed by atoms with E-state index in [9.17, 15) is 15.0 Å². The molecule has 0 aromatic heterocycles. The number of amides is 1. The van der Waals surface area contributed by atoms with Crippen LogP contribution in [0.25, 0.3) is 11.1 Å². The van der Waals surface area contributed by atoms with Gasteiger partial charge in [-0.3, -0.25) is 4.79 Å². The Morgan fingerprint density at radius 1 is 1.13 bits per heavy atom. The lowest BCUT2D eigenvalue weighted by Crippen LogP contribution is -2.54. The molecular weight excluding hydrogens is 382 g/mol. The minimum absolute atomic E-state index is 0.0580. The van der Waals surface area contributed by atoms with Crippen molar-refractivity contribution in [1.82, 2.24) is 5.32 Å². The number of aliphatic hydroxyl groups excluding tert-OH is 2. The average Bonchev–Trinajstić information content (AvgIpc) is 2.71. The number of carbonyl (C=O) groups excluding carboxylic acids is 1. The third-order valence-corrected chi connectivity index (χ3v) is 5.69. The molecule has 5 atom stereocenters. The van der Waals surface area contributed by atoms with E-state index in [0.717, 1.165) is 22.3 Å². The molecule has 2 aromatic carbocycles. The van der Waals surface area contributed by atoms with Crippen LogP contribution < -0.4 is 10.1 Å². The van der Waals surface area contributed by atoms with Crippen LogP contribution in [0.1, 0.15) is 31.9 Å².